The molecule has 27 heavy (non-hydrogen) atoms. The number of aliphatic hydroxyl groups excluding tert-OH is 1. The molecule has 0 amide bonds. The van der Waals surface area contributed by atoms with Gasteiger partial charge in [-0.05, 0) is 48.9 Å². The fourth-order valence-electron chi connectivity index (χ4n) is 3.56. The first-order valence-electron chi connectivity index (χ1n) is 10.0. The van der Waals surface area contributed by atoms with Gasteiger partial charge >= 0.3 is 0 Å². The molecule has 3 nitrogen and oxygen atoms in total. The van der Waals surface area contributed by atoms with E-state index in [-0.39, 0.29) is 23.3 Å². The van der Waals surface area contributed by atoms with Gasteiger partial charge < -0.3 is 9.53 Å². The highest BCUT2D eigenvalue weighted by Crippen LogP contribution is 2.43. The van der Waals surface area contributed by atoms with Crippen molar-refractivity contribution in [2.75, 3.05) is 6.61 Å². The molecule has 0 saturated heterocycles. The highest BCUT2D eigenvalue weighted by Gasteiger charge is 2.46. The second-order valence-corrected chi connectivity index (χ2v) is 14.1. The number of aliphatic hydroxyl groups is 1. The van der Waals surface area contributed by atoms with Crippen molar-refractivity contribution in [3.63, 3.8) is 0 Å². The van der Waals surface area contributed by atoms with E-state index < -0.39 is 13.7 Å². The van der Waals surface area contributed by atoms with Crippen LogP contribution in [0, 0.1) is 23.4 Å². The molecule has 0 spiro atoms. The topological polar surface area (TPSA) is 46.5 Å². The number of carbonyl (C=O) groups excluding carboxylic acids is 1. The fourth-order valence-corrected chi connectivity index (χ4v) is 4.18. The molecule has 1 aliphatic rings. The van der Waals surface area contributed by atoms with Crippen LogP contribution in [0.3, 0.4) is 0 Å². The van der Waals surface area contributed by atoms with Gasteiger partial charge in [0.25, 0.3) is 8.32 Å². The molecule has 2 atom stereocenters. The SMILES string of the molecule is CC(C)(C)[Si](C)(C)OC#CC(=O)C1(CO)CCCCC1Cc1ccccc1. The van der Waals surface area contributed by atoms with E-state index in [1.807, 2.05) is 18.2 Å². The van der Waals surface area contributed by atoms with E-state index in [2.05, 4.69) is 58.0 Å². The van der Waals surface area contributed by atoms with Crippen molar-refractivity contribution in [3.8, 4) is 12.0 Å². The van der Waals surface area contributed by atoms with Gasteiger partial charge in [0, 0.05) is 5.92 Å². The van der Waals surface area contributed by atoms with Crippen molar-refractivity contribution in [1.82, 2.24) is 0 Å². The Morgan fingerprint density at radius 1 is 1.26 bits per heavy atom. The highest BCUT2D eigenvalue weighted by molar-refractivity contribution is 6.74. The summed E-state index contributed by atoms with van der Waals surface area (Å²) in [6, 6.07) is 10.2. The summed E-state index contributed by atoms with van der Waals surface area (Å²) in [6.07, 6.45) is 7.24. The van der Waals surface area contributed by atoms with Gasteiger partial charge in [-0.3, -0.25) is 4.79 Å². The van der Waals surface area contributed by atoms with Crippen molar-refractivity contribution >= 4 is 14.1 Å². The van der Waals surface area contributed by atoms with Gasteiger partial charge in [-0.2, -0.15) is 0 Å². The summed E-state index contributed by atoms with van der Waals surface area (Å²) >= 11 is 0. The van der Waals surface area contributed by atoms with E-state index >= 15 is 0 Å². The molecule has 0 heterocycles. The smallest absolute Gasteiger partial charge is 0.264 e. The third kappa shape index (κ3) is 5.03. The summed E-state index contributed by atoms with van der Waals surface area (Å²) in [5.41, 5.74) is 0.443. The van der Waals surface area contributed by atoms with Crippen LogP contribution >= 0.6 is 0 Å². The molecule has 4 heteroatoms. The number of hydrogen-bond acceptors (Lipinski definition) is 3. The van der Waals surface area contributed by atoms with Gasteiger partial charge in [0.05, 0.1) is 12.0 Å². The minimum absolute atomic E-state index is 0.0417. The van der Waals surface area contributed by atoms with Crippen LogP contribution < -0.4 is 0 Å². The average molecular weight is 387 g/mol. The quantitative estimate of drug-likeness (QED) is 0.575. The van der Waals surface area contributed by atoms with E-state index in [0.29, 0.717) is 6.42 Å². The Bertz CT molecular complexity index is 694. The molecule has 1 saturated carbocycles. The van der Waals surface area contributed by atoms with E-state index in [0.717, 1.165) is 25.7 Å². The third-order valence-electron chi connectivity index (χ3n) is 6.54. The number of Topliss-reactive ketones (excluding diaryl/α,β-unsaturated/α-hetero) is 1. The van der Waals surface area contributed by atoms with E-state index in [1.165, 1.54) is 5.56 Å². The standard InChI is InChI=1S/C23H34O3Si/c1-22(2,3)27(4,5)26-16-14-21(25)23(18-24)15-10-9-13-20(23)17-19-11-7-6-8-12-19/h6-8,11-12,20,24H,9-10,13,15,17-18H2,1-5H3. The molecular weight excluding hydrogens is 352 g/mol. The van der Waals surface area contributed by atoms with Gasteiger partial charge in [-0.15, -0.1) is 0 Å². The lowest BCUT2D eigenvalue weighted by Crippen LogP contribution is -2.45. The first-order chi connectivity index (χ1) is 12.6. The molecule has 1 fully saturated rings. The summed E-state index contributed by atoms with van der Waals surface area (Å²) in [5, 5.41) is 10.3. The molecule has 1 aliphatic carbocycles. The van der Waals surface area contributed by atoms with Crippen molar-refractivity contribution in [2.24, 2.45) is 11.3 Å². The molecule has 0 aromatic heterocycles. The number of ketones is 1. The van der Waals surface area contributed by atoms with Gasteiger partial charge in [-0.1, -0.05) is 63.9 Å². The summed E-state index contributed by atoms with van der Waals surface area (Å²) in [7, 11) is -2.02. The van der Waals surface area contributed by atoms with Crippen LogP contribution in [0.2, 0.25) is 18.1 Å². The van der Waals surface area contributed by atoms with Crippen LogP contribution in [0.25, 0.3) is 0 Å². The minimum Gasteiger partial charge on any atom is -0.500 e. The Morgan fingerprint density at radius 3 is 2.52 bits per heavy atom. The summed E-state index contributed by atoms with van der Waals surface area (Å²) in [6.45, 7) is 10.5. The van der Waals surface area contributed by atoms with Gasteiger partial charge in [0.1, 0.15) is 6.11 Å². The first-order valence-corrected chi connectivity index (χ1v) is 12.9. The Balaban J connectivity index is 2.20. The van der Waals surface area contributed by atoms with Gasteiger partial charge in [-0.25, -0.2) is 0 Å². The van der Waals surface area contributed by atoms with E-state index in [1.54, 1.807) is 0 Å². The number of rotatable bonds is 5. The molecular formula is C23H34O3Si. The molecule has 1 aromatic rings. The minimum atomic E-state index is -2.02. The lowest BCUT2D eigenvalue weighted by atomic mass is 9.62. The Kier molecular flexibility index (Phi) is 6.94. The zero-order chi connectivity index (χ0) is 20.1. The monoisotopic (exact) mass is 386 g/mol. The van der Waals surface area contributed by atoms with Crippen molar-refractivity contribution in [2.45, 2.75) is 71.0 Å². The van der Waals surface area contributed by atoms with Crippen molar-refractivity contribution in [3.05, 3.63) is 35.9 Å². The second kappa shape index (κ2) is 8.62. The lowest BCUT2D eigenvalue weighted by molar-refractivity contribution is -0.131. The molecule has 0 radical (unpaired) electrons. The average Bonchev–Trinajstić information content (AvgIpc) is 2.62. The summed E-state index contributed by atoms with van der Waals surface area (Å²) < 4.78 is 5.87. The lowest BCUT2D eigenvalue weighted by Gasteiger charge is -2.40. The maximum atomic E-state index is 13.1. The van der Waals surface area contributed by atoms with Crippen LogP contribution in [0.5, 0.6) is 0 Å². The number of carbonyl (C=O) groups is 1. The van der Waals surface area contributed by atoms with Crippen LogP contribution in [0.4, 0.5) is 0 Å². The number of benzene rings is 1. The maximum absolute atomic E-state index is 13.1. The normalized spacial score (nSPS) is 23.3. The first kappa shape index (κ1) is 21.7. The van der Waals surface area contributed by atoms with Crippen LogP contribution in [0.1, 0.15) is 52.0 Å². The van der Waals surface area contributed by atoms with Crippen molar-refractivity contribution in [1.29, 1.82) is 0 Å². The van der Waals surface area contributed by atoms with E-state index in [4.69, 9.17) is 4.43 Å². The second-order valence-electron chi connectivity index (χ2n) is 9.37. The van der Waals surface area contributed by atoms with Crippen LogP contribution in [-0.4, -0.2) is 25.8 Å². The van der Waals surface area contributed by atoms with E-state index in [9.17, 15) is 9.90 Å². The van der Waals surface area contributed by atoms with Crippen LogP contribution in [-0.2, 0) is 15.6 Å². The molecule has 1 N–H and O–H groups in total. The van der Waals surface area contributed by atoms with Gasteiger partial charge in [0.2, 0.25) is 5.78 Å². The third-order valence-corrected chi connectivity index (χ3v) is 10.8. The van der Waals surface area contributed by atoms with Crippen LogP contribution in [0.15, 0.2) is 30.3 Å². The number of hydrogen-bond donors (Lipinski definition) is 1. The predicted octanol–water partition coefficient (Wildman–Crippen LogP) is 4.95. The predicted molar refractivity (Wildman–Crippen MR) is 113 cm³/mol. The molecule has 0 aliphatic heterocycles. The molecule has 2 unspecified atom stereocenters. The molecule has 148 valence electrons. The molecule has 2 rings (SSSR count). The molecule has 1 aromatic carbocycles. The van der Waals surface area contributed by atoms with Gasteiger partial charge in [0.15, 0.2) is 0 Å². The molecule has 0 bridgehead atoms. The Morgan fingerprint density at radius 2 is 1.93 bits per heavy atom. The maximum Gasteiger partial charge on any atom is 0.264 e. The largest absolute Gasteiger partial charge is 0.500 e. The fraction of sp³-hybridized carbons (Fsp3) is 0.609. The van der Waals surface area contributed by atoms with Crippen molar-refractivity contribution < 1.29 is 14.3 Å². The Labute approximate surface area is 165 Å². The summed E-state index contributed by atoms with van der Waals surface area (Å²) in [4.78, 5) is 13.1. The highest BCUT2D eigenvalue weighted by atomic mass is 28.4. The Hall–Kier alpha value is -1.57. The zero-order valence-corrected chi connectivity index (χ0v) is 18.5. The summed E-state index contributed by atoms with van der Waals surface area (Å²) in [5.74, 6) is 2.71. The zero-order valence-electron chi connectivity index (χ0n) is 17.5.